The summed E-state index contributed by atoms with van der Waals surface area (Å²) in [6.45, 7) is 7.05. The molecule has 1 aromatic carbocycles. The van der Waals surface area contributed by atoms with Gasteiger partial charge in [0, 0.05) is 42.3 Å². The third-order valence-electron chi connectivity index (χ3n) is 3.32. The van der Waals surface area contributed by atoms with Crippen molar-refractivity contribution in [1.82, 2.24) is 4.98 Å². The molecule has 2 N–H and O–H groups in total. The molecule has 0 spiro atoms. The SMILES string of the molecule is Cc1cnc(N(C)CCO)c2cccc(NC(C)C)c12. The third kappa shape index (κ3) is 2.85. The molecule has 0 bridgehead atoms. The number of benzene rings is 1. The van der Waals surface area contributed by atoms with Gasteiger partial charge in [0.25, 0.3) is 0 Å². The lowest BCUT2D eigenvalue weighted by molar-refractivity contribution is 0.304. The highest BCUT2D eigenvalue weighted by atomic mass is 16.3. The maximum Gasteiger partial charge on any atom is 0.136 e. The number of fused-ring (bicyclic) bond motifs is 1. The molecule has 0 saturated carbocycles. The highest BCUT2D eigenvalue weighted by Crippen LogP contribution is 2.32. The number of aliphatic hydroxyl groups excluding tert-OH is 1. The summed E-state index contributed by atoms with van der Waals surface area (Å²) in [4.78, 5) is 6.52. The number of nitrogens with one attached hydrogen (secondary N) is 1. The van der Waals surface area contributed by atoms with Gasteiger partial charge in [0.15, 0.2) is 0 Å². The van der Waals surface area contributed by atoms with E-state index in [0.717, 1.165) is 22.5 Å². The summed E-state index contributed by atoms with van der Waals surface area (Å²) in [5, 5.41) is 14.9. The number of hydrogen-bond donors (Lipinski definition) is 2. The van der Waals surface area contributed by atoms with Crippen LogP contribution in [0.2, 0.25) is 0 Å². The van der Waals surface area contributed by atoms with Crippen LogP contribution in [0, 0.1) is 6.92 Å². The second kappa shape index (κ2) is 6.09. The first-order chi connectivity index (χ1) is 9.54. The van der Waals surface area contributed by atoms with Gasteiger partial charge in [0.05, 0.1) is 6.61 Å². The van der Waals surface area contributed by atoms with E-state index >= 15 is 0 Å². The van der Waals surface area contributed by atoms with Crippen molar-refractivity contribution in [3.8, 4) is 0 Å². The van der Waals surface area contributed by atoms with Crippen molar-refractivity contribution in [3.63, 3.8) is 0 Å². The first-order valence-electron chi connectivity index (χ1n) is 7.01. The molecule has 0 aliphatic rings. The fourth-order valence-electron chi connectivity index (χ4n) is 2.45. The normalized spacial score (nSPS) is 11.1. The van der Waals surface area contributed by atoms with Crippen LogP contribution in [-0.2, 0) is 0 Å². The Balaban J connectivity index is 2.61. The molecular weight excluding hydrogens is 250 g/mol. The van der Waals surface area contributed by atoms with Crippen LogP contribution in [0.4, 0.5) is 11.5 Å². The number of aryl methyl sites for hydroxylation is 1. The molecule has 4 heteroatoms. The summed E-state index contributed by atoms with van der Waals surface area (Å²) in [7, 11) is 1.95. The van der Waals surface area contributed by atoms with Gasteiger partial charge < -0.3 is 15.3 Å². The molecule has 0 amide bonds. The number of hydrogen-bond acceptors (Lipinski definition) is 4. The molecule has 0 atom stereocenters. The van der Waals surface area contributed by atoms with Crippen LogP contribution in [0.1, 0.15) is 19.4 Å². The number of nitrogens with zero attached hydrogens (tertiary/aromatic N) is 2. The molecule has 0 aliphatic heterocycles. The number of anilines is 2. The first-order valence-corrected chi connectivity index (χ1v) is 7.01. The van der Waals surface area contributed by atoms with Crippen LogP contribution in [0.3, 0.4) is 0 Å². The fourth-order valence-corrected chi connectivity index (χ4v) is 2.45. The average molecular weight is 273 g/mol. The smallest absolute Gasteiger partial charge is 0.136 e. The van der Waals surface area contributed by atoms with Gasteiger partial charge in [-0.05, 0) is 32.4 Å². The Hall–Kier alpha value is -1.81. The van der Waals surface area contributed by atoms with Crippen LogP contribution in [0.5, 0.6) is 0 Å². The van der Waals surface area contributed by atoms with Crippen LogP contribution in [-0.4, -0.2) is 36.3 Å². The molecule has 0 radical (unpaired) electrons. The summed E-state index contributed by atoms with van der Waals surface area (Å²) in [5.74, 6) is 0.909. The Labute approximate surface area is 120 Å². The van der Waals surface area contributed by atoms with Crippen LogP contribution in [0.15, 0.2) is 24.4 Å². The van der Waals surface area contributed by atoms with Crippen molar-refractivity contribution in [2.75, 3.05) is 30.4 Å². The predicted octanol–water partition coefficient (Wildman–Crippen LogP) is 2.79. The van der Waals surface area contributed by atoms with Crippen molar-refractivity contribution >= 4 is 22.3 Å². The van der Waals surface area contributed by atoms with Crippen molar-refractivity contribution in [1.29, 1.82) is 0 Å². The number of likely N-dealkylation sites (N-methyl/N-ethyl adjacent to an activating group) is 1. The van der Waals surface area contributed by atoms with E-state index in [9.17, 15) is 0 Å². The largest absolute Gasteiger partial charge is 0.395 e. The highest BCUT2D eigenvalue weighted by molar-refractivity contribution is 6.02. The molecule has 0 aliphatic carbocycles. The Morgan fingerprint density at radius 2 is 2.10 bits per heavy atom. The van der Waals surface area contributed by atoms with Gasteiger partial charge in [0.1, 0.15) is 5.82 Å². The monoisotopic (exact) mass is 273 g/mol. The molecule has 0 fully saturated rings. The van der Waals surface area contributed by atoms with Gasteiger partial charge in [-0.15, -0.1) is 0 Å². The summed E-state index contributed by atoms with van der Waals surface area (Å²) >= 11 is 0. The zero-order chi connectivity index (χ0) is 14.7. The van der Waals surface area contributed by atoms with E-state index < -0.39 is 0 Å². The Morgan fingerprint density at radius 3 is 2.75 bits per heavy atom. The molecule has 2 rings (SSSR count). The van der Waals surface area contributed by atoms with Crippen molar-refractivity contribution in [3.05, 3.63) is 30.0 Å². The molecule has 108 valence electrons. The van der Waals surface area contributed by atoms with Gasteiger partial charge in [-0.3, -0.25) is 0 Å². The standard InChI is InChI=1S/C16H23N3O/c1-11(2)18-14-7-5-6-13-15(14)12(3)10-17-16(13)19(4)8-9-20/h5-7,10-11,18,20H,8-9H2,1-4H3. The molecule has 0 unspecified atom stereocenters. The molecule has 4 nitrogen and oxygen atoms in total. The molecule has 20 heavy (non-hydrogen) atoms. The van der Waals surface area contributed by atoms with Gasteiger partial charge >= 0.3 is 0 Å². The predicted molar refractivity (Wildman–Crippen MR) is 85.6 cm³/mol. The molecule has 1 heterocycles. The lowest BCUT2D eigenvalue weighted by Crippen LogP contribution is -2.22. The van der Waals surface area contributed by atoms with E-state index in [1.54, 1.807) is 0 Å². The summed E-state index contributed by atoms with van der Waals surface area (Å²) in [6.07, 6.45) is 1.90. The van der Waals surface area contributed by atoms with Crippen molar-refractivity contribution < 1.29 is 5.11 Å². The van der Waals surface area contributed by atoms with Gasteiger partial charge in [0.2, 0.25) is 0 Å². The number of aromatic nitrogens is 1. The third-order valence-corrected chi connectivity index (χ3v) is 3.32. The summed E-state index contributed by atoms with van der Waals surface area (Å²) < 4.78 is 0. The zero-order valence-electron chi connectivity index (χ0n) is 12.6. The second-order valence-corrected chi connectivity index (χ2v) is 5.44. The van der Waals surface area contributed by atoms with Gasteiger partial charge in [-0.25, -0.2) is 4.98 Å². The van der Waals surface area contributed by atoms with E-state index in [1.165, 1.54) is 5.39 Å². The fraction of sp³-hybridized carbons (Fsp3) is 0.438. The lowest BCUT2D eigenvalue weighted by atomic mass is 10.0. The van der Waals surface area contributed by atoms with Crippen molar-refractivity contribution in [2.24, 2.45) is 0 Å². The van der Waals surface area contributed by atoms with Crippen LogP contribution in [0.25, 0.3) is 10.8 Å². The number of rotatable bonds is 5. The maximum absolute atomic E-state index is 9.12. The minimum atomic E-state index is 0.123. The van der Waals surface area contributed by atoms with Crippen LogP contribution >= 0.6 is 0 Å². The molecule has 2 aromatic rings. The second-order valence-electron chi connectivity index (χ2n) is 5.44. The number of pyridine rings is 1. The minimum absolute atomic E-state index is 0.123. The first kappa shape index (κ1) is 14.6. The van der Waals surface area contributed by atoms with E-state index in [-0.39, 0.29) is 6.61 Å². The Bertz CT molecular complexity index is 596. The number of aliphatic hydroxyl groups is 1. The maximum atomic E-state index is 9.12. The van der Waals surface area contributed by atoms with E-state index in [2.05, 4.69) is 43.2 Å². The molecule has 1 aromatic heterocycles. The molecular formula is C16H23N3O. The van der Waals surface area contributed by atoms with Gasteiger partial charge in [-0.2, -0.15) is 0 Å². The Kier molecular flexibility index (Phi) is 4.45. The summed E-state index contributed by atoms with van der Waals surface area (Å²) in [6, 6.07) is 6.62. The zero-order valence-corrected chi connectivity index (χ0v) is 12.6. The van der Waals surface area contributed by atoms with Crippen LogP contribution < -0.4 is 10.2 Å². The van der Waals surface area contributed by atoms with E-state index in [1.807, 2.05) is 24.2 Å². The highest BCUT2D eigenvalue weighted by Gasteiger charge is 2.12. The lowest BCUT2D eigenvalue weighted by Gasteiger charge is -2.21. The summed E-state index contributed by atoms with van der Waals surface area (Å²) in [5.41, 5.74) is 2.29. The average Bonchev–Trinajstić information content (AvgIpc) is 2.38. The Morgan fingerprint density at radius 1 is 1.35 bits per heavy atom. The van der Waals surface area contributed by atoms with E-state index in [0.29, 0.717) is 12.6 Å². The van der Waals surface area contributed by atoms with Crippen molar-refractivity contribution in [2.45, 2.75) is 26.8 Å². The van der Waals surface area contributed by atoms with E-state index in [4.69, 9.17) is 5.11 Å². The van der Waals surface area contributed by atoms with Gasteiger partial charge in [-0.1, -0.05) is 12.1 Å². The topological polar surface area (TPSA) is 48.4 Å². The molecule has 0 saturated heterocycles. The quantitative estimate of drug-likeness (QED) is 0.879. The minimum Gasteiger partial charge on any atom is -0.395 e.